The number of thiophene rings is 1. The van der Waals surface area contributed by atoms with E-state index in [9.17, 15) is 4.79 Å². The normalized spacial score (nSPS) is 12.4. The highest BCUT2D eigenvalue weighted by molar-refractivity contribution is 7.17. The Balaban J connectivity index is 1.36. The molecule has 0 radical (unpaired) electrons. The molecule has 6 nitrogen and oxygen atoms in total. The summed E-state index contributed by atoms with van der Waals surface area (Å²) in [5.74, 6) is 1.43. The van der Waals surface area contributed by atoms with Gasteiger partial charge in [0, 0.05) is 31.4 Å². The number of hydrogen-bond acceptors (Lipinski definition) is 5. The highest BCUT2D eigenvalue weighted by atomic mass is 32.1. The quantitative estimate of drug-likeness (QED) is 0.529. The number of hydrogen-bond donors (Lipinski definition) is 1. The highest BCUT2D eigenvalue weighted by Gasteiger charge is 2.18. The largest absolute Gasteiger partial charge is 0.454 e. The smallest absolute Gasteiger partial charge is 0.267 e. The van der Waals surface area contributed by atoms with Crippen molar-refractivity contribution in [2.75, 3.05) is 13.3 Å². The first-order valence-corrected chi connectivity index (χ1v) is 10.3. The van der Waals surface area contributed by atoms with Gasteiger partial charge < -0.3 is 19.4 Å². The second-order valence-corrected chi connectivity index (χ2v) is 7.75. The van der Waals surface area contributed by atoms with Crippen LogP contribution in [0.3, 0.4) is 0 Å². The highest BCUT2D eigenvalue weighted by Crippen LogP contribution is 2.33. The van der Waals surface area contributed by atoms with Gasteiger partial charge in [-0.05, 0) is 47.3 Å². The number of fused-ring (bicyclic) bond motifs is 2. The molecule has 5 rings (SSSR count). The molecule has 7 heteroatoms. The summed E-state index contributed by atoms with van der Waals surface area (Å²) in [7, 11) is 0. The molecule has 0 saturated carbocycles. The molecule has 29 heavy (non-hydrogen) atoms. The van der Waals surface area contributed by atoms with E-state index in [1.54, 1.807) is 17.5 Å². The van der Waals surface area contributed by atoms with Crippen molar-refractivity contribution in [1.29, 1.82) is 0 Å². The third-order valence-corrected chi connectivity index (χ3v) is 5.78. The summed E-state index contributed by atoms with van der Waals surface area (Å²) >= 11 is 1.64. The Kier molecular flexibility index (Phi) is 4.65. The van der Waals surface area contributed by atoms with Gasteiger partial charge in [0.05, 0.1) is 10.2 Å². The average molecular weight is 405 g/mol. The lowest BCUT2D eigenvalue weighted by atomic mass is 10.2. The number of carbonyl (C=O) groups is 1. The molecule has 1 aliphatic rings. The Morgan fingerprint density at radius 2 is 2.07 bits per heavy atom. The van der Waals surface area contributed by atoms with Gasteiger partial charge in [0.15, 0.2) is 11.5 Å². The first kappa shape index (κ1) is 17.8. The van der Waals surface area contributed by atoms with Gasteiger partial charge >= 0.3 is 0 Å². The zero-order chi connectivity index (χ0) is 19.6. The Morgan fingerprint density at radius 1 is 1.14 bits per heavy atom. The molecule has 0 spiro atoms. The van der Waals surface area contributed by atoms with Crippen molar-refractivity contribution in [1.82, 2.24) is 14.9 Å². The van der Waals surface area contributed by atoms with Crippen LogP contribution in [0.5, 0.6) is 11.5 Å². The Bertz CT molecular complexity index is 1170. The molecule has 0 unspecified atom stereocenters. The molecule has 0 bridgehead atoms. The summed E-state index contributed by atoms with van der Waals surface area (Å²) in [6, 6.07) is 15.7. The van der Waals surface area contributed by atoms with Crippen LogP contribution in [0.2, 0.25) is 0 Å². The molecule has 3 aromatic heterocycles. The summed E-state index contributed by atoms with van der Waals surface area (Å²) < 4.78 is 14.0. The van der Waals surface area contributed by atoms with E-state index in [2.05, 4.69) is 20.9 Å². The minimum atomic E-state index is -0.0786. The minimum Gasteiger partial charge on any atom is -0.454 e. The van der Waals surface area contributed by atoms with E-state index in [-0.39, 0.29) is 12.7 Å². The van der Waals surface area contributed by atoms with Crippen LogP contribution in [0.25, 0.3) is 10.2 Å². The maximum absolute atomic E-state index is 12.9. The second kappa shape index (κ2) is 7.60. The molecule has 4 heterocycles. The van der Waals surface area contributed by atoms with Crippen LogP contribution >= 0.6 is 11.3 Å². The molecular formula is C22H19N3O3S. The maximum Gasteiger partial charge on any atom is 0.267 e. The van der Waals surface area contributed by atoms with Gasteiger partial charge in [-0.25, -0.2) is 0 Å². The molecule has 4 aromatic rings. The van der Waals surface area contributed by atoms with Crippen molar-refractivity contribution in [2.24, 2.45) is 0 Å². The van der Waals surface area contributed by atoms with Gasteiger partial charge in [0.25, 0.3) is 5.91 Å². The lowest BCUT2D eigenvalue weighted by molar-refractivity contribution is 0.0945. The Labute approximate surface area is 171 Å². The third-order valence-electron chi connectivity index (χ3n) is 4.93. The zero-order valence-corrected chi connectivity index (χ0v) is 16.4. The standard InChI is InChI=1S/C22H19N3O3S/c26-22(24-9-6-16-3-1-2-8-23-16)18-12-21-17(7-10-29-21)25(18)13-15-4-5-19-20(11-15)28-14-27-19/h1-5,7-8,10-12H,6,9,13-14H2,(H,24,26). The number of rotatable bonds is 6. The first-order chi connectivity index (χ1) is 14.3. The summed E-state index contributed by atoms with van der Waals surface area (Å²) in [6.45, 7) is 1.37. The van der Waals surface area contributed by atoms with Gasteiger partial charge in [0.2, 0.25) is 6.79 Å². The van der Waals surface area contributed by atoms with Crippen molar-refractivity contribution in [3.8, 4) is 11.5 Å². The Hall–Kier alpha value is -3.32. The van der Waals surface area contributed by atoms with Gasteiger partial charge in [0.1, 0.15) is 5.69 Å². The van der Waals surface area contributed by atoms with Crippen molar-refractivity contribution >= 4 is 27.5 Å². The third kappa shape index (κ3) is 3.56. The zero-order valence-electron chi connectivity index (χ0n) is 15.6. The average Bonchev–Trinajstić information content (AvgIpc) is 3.45. The number of benzene rings is 1. The molecule has 1 amide bonds. The molecule has 1 aliphatic heterocycles. The monoisotopic (exact) mass is 405 g/mol. The molecule has 1 aromatic carbocycles. The maximum atomic E-state index is 12.9. The van der Waals surface area contributed by atoms with Crippen LogP contribution in [0, 0.1) is 0 Å². The predicted octanol–water partition coefficient (Wildman–Crippen LogP) is 3.85. The SMILES string of the molecule is O=C(NCCc1ccccn1)c1cc2sccc2n1Cc1ccc2c(c1)OCO2. The van der Waals surface area contributed by atoms with Gasteiger partial charge in [-0.15, -0.1) is 11.3 Å². The van der Waals surface area contributed by atoms with E-state index in [1.807, 2.05) is 47.8 Å². The number of pyridine rings is 1. The molecule has 146 valence electrons. The minimum absolute atomic E-state index is 0.0786. The van der Waals surface area contributed by atoms with Crippen LogP contribution in [0.1, 0.15) is 21.7 Å². The summed E-state index contributed by atoms with van der Waals surface area (Å²) in [6.07, 6.45) is 2.46. The number of ether oxygens (including phenoxy) is 2. The van der Waals surface area contributed by atoms with Crippen LogP contribution in [-0.4, -0.2) is 28.8 Å². The van der Waals surface area contributed by atoms with Gasteiger partial charge in [-0.2, -0.15) is 0 Å². The topological polar surface area (TPSA) is 65.4 Å². The number of carbonyl (C=O) groups excluding carboxylic acids is 1. The molecule has 0 saturated heterocycles. The van der Waals surface area contributed by atoms with Crippen LogP contribution in [-0.2, 0) is 13.0 Å². The summed E-state index contributed by atoms with van der Waals surface area (Å²) in [5.41, 5.74) is 3.73. The number of nitrogens with zero attached hydrogens (tertiary/aromatic N) is 2. The molecular weight excluding hydrogens is 386 g/mol. The fourth-order valence-corrected chi connectivity index (χ4v) is 4.32. The second-order valence-electron chi connectivity index (χ2n) is 6.80. The van der Waals surface area contributed by atoms with E-state index in [0.29, 0.717) is 25.2 Å². The fraction of sp³-hybridized carbons (Fsp3) is 0.182. The van der Waals surface area contributed by atoms with Crippen LogP contribution < -0.4 is 14.8 Å². The number of amides is 1. The van der Waals surface area contributed by atoms with E-state index >= 15 is 0 Å². The number of aromatic nitrogens is 2. The lowest BCUT2D eigenvalue weighted by Crippen LogP contribution is -2.28. The summed E-state index contributed by atoms with van der Waals surface area (Å²) in [5, 5.41) is 5.07. The fourth-order valence-electron chi connectivity index (χ4n) is 3.50. The van der Waals surface area contributed by atoms with E-state index < -0.39 is 0 Å². The molecule has 0 fully saturated rings. The lowest BCUT2D eigenvalue weighted by Gasteiger charge is -2.11. The van der Waals surface area contributed by atoms with Gasteiger partial charge in [-0.1, -0.05) is 12.1 Å². The molecule has 0 aliphatic carbocycles. The van der Waals surface area contributed by atoms with Crippen molar-refractivity contribution in [3.05, 3.63) is 77.1 Å². The summed E-state index contributed by atoms with van der Waals surface area (Å²) in [4.78, 5) is 17.2. The van der Waals surface area contributed by atoms with Crippen molar-refractivity contribution in [3.63, 3.8) is 0 Å². The molecule has 0 atom stereocenters. The van der Waals surface area contributed by atoms with Crippen LogP contribution in [0.4, 0.5) is 0 Å². The predicted molar refractivity (Wildman–Crippen MR) is 112 cm³/mol. The van der Waals surface area contributed by atoms with E-state index in [4.69, 9.17) is 9.47 Å². The van der Waals surface area contributed by atoms with Crippen molar-refractivity contribution in [2.45, 2.75) is 13.0 Å². The Morgan fingerprint density at radius 3 is 2.97 bits per heavy atom. The van der Waals surface area contributed by atoms with E-state index in [1.165, 1.54) is 0 Å². The number of nitrogens with one attached hydrogen (secondary N) is 1. The van der Waals surface area contributed by atoms with E-state index in [0.717, 1.165) is 33.0 Å². The van der Waals surface area contributed by atoms with Crippen LogP contribution in [0.15, 0.2) is 60.1 Å². The van der Waals surface area contributed by atoms with Gasteiger partial charge in [-0.3, -0.25) is 9.78 Å². The van der Waals surface area contributed by atoms with Crippen molar-refractivity contribution < 1.29 is 14.3 Å². The first-order valence-electron chi connectivity index (χ1n) is 9.41. The molecule has 1 N–H and O–H groups in total.